The molecule has 80 valence electrons. The molecule has 1 heterocycles. The fourth-order valence-corrected chi connectivity index (χ4v) is 3.06. The minimum Gasteiger partial charge on any atom is -0.313 e. The van der Waals surface area contributed by atoms with E-state index in [-0.39, 0.29) is 0 Å². The maximum atomic E-state index is 3.72. The molecule has 0 aromatic heterocycles. The number of fused-ring (bicyclic) bond motifs is 1. The lowest BCUT2D eigenvalue weighted by molar-refractivity contribution is 0.395. The molecule has 15 heavy (non-hydrogen) atoms. The third kappa shape index (κ3) is 1.69. The molecule has 1 N–H and O–H groups in total. The van der Waals surface area contributed by atoms with Gasteiger partial charge in [0.15, 0.2) is 0 Å². The molecule has 0 radical (unpaired) electrons. The van der Waals surface area contributed by atoms with Crippen LogP contribution in [0.2, 0.25) is 0 Å². The smallest absolute Gasteiger partial charge is 0.0139 e. The second-order valence-corrected chi connectivity index (χ2v) is 4.92. The van der Waals surface area contributed by atoms with E-state index >= 15 is 0 Å². The van der Waals surface area contributed by atoms with Crippen molar-refractivity contribution in [3.05, 3.63) is 35.4 Å². The highest BCUT2D eigenvalue weighted by Crippen LogP contribution is 2.39. The lowest BCUT2D eigenvalue weighted by Crippen LogP contribution is -2.39. The van der Waals surface area contributed by atoms with Gasteiger partial charge in [0.2, 0.25) is 0 Å². The molecule has 0 amide bonds. The van der Waals surface area contributed by atoms with Crippen molar-refractivity contribution in [2.45, 2.75) is 44.1 Å². The summed E-state index contributed by atoms with van der Waals surface area (Å²) in [5.41, 5.74) is 3.19. The third-order valence-electron chi connectivity index (χ3n) is 3.98. The summed E-state index contributed by atoms with van der Waals surface area (Å²) in [6.07, 6.45) is 6.87. The molecule has 0 saturated carbocycles. The molecule has 2 atom stereocenters. The first kappa shape index (κ1) is 9.41. The second kappa shape index (κ2) is 3.97. The molecule has 1 aliphatic carbocycles. The predicted octanol–water partition coefficient (Wildman–Crippen LogP) is 2.86. The van der Waals surface area contributed by atoms with Crippen LogP contribution in [-0.4, -0.2) is 12.6 Å². The predicted molar refractivity (Wildman–Crippen MR) is 63.1 cm³/mol. The molecule has 1 aliphatic heterocycles. The molecule has 2 unspecified atom stereocenters. The molecule has 1 aromatic carbocycles. The highest BCUT2D eigenvalue weighted by atomic mass is 14.9. The molecule has 3 rings (SSSR count). The van der Waals surface area contributed by atoms with Crippen LogP contribution >= 0.6 is 0 Å². The van der Waals surface area contributed by atoms with Gasteiger partial charge in [0.05, 0.1) is 0 Å². The fraction of sp³-hybridized carbons (Fsp3) is 0.571. The Labute approximate surface area is 91.9 Å². The summed E-state index contributed by atoms with van der Waals surface area (Å²) < 4.78 is 0. The SMILES string of the molecule is c1ccc2c(c1)CC2C1CCCCCN1. The van der Waals surface area contributed by atoms with Gasteiger partial charge < -0.3 is 5.32 Å². The standard InChI is InChI=1S/C14H19N/c1-2-8-14(15-9-5-1)13-10-11-6-3-4-7-12(11)13/h3-4,6-7,13-15H,1-2,5,8-10H2. The Morgan fingerprint density at radius 1 is 1.07 bits per heavy atom. The summed E-state index contributed by atoms with van der Waals surface area (Å²) >= 11 is 0. The number of hydrogen-bond donors (Lipinski definition) is 1. The Bertz CT molecular complexity index is 337. The van der Waals surface area contributed by atoms with Crippen molar-refractivity contribution in [3.8, 4) is 0 Å². The first-order valence-corrected chi connectivity index (χ1v) is 6.26. The van der Waals surface area contributed by atoms with E-state index in [4.69, 9.17) is 0 Å². The van der Waals surface area contributed by atoms with Crippen LogP contribution in [0.3, 0.4) is 0 Å². The molecule has 2 aliphatic rings. The van der Waals surface area contributed by atoms with Crippen molar-refractivity contribution in [1.29, 1.82) is 0 Å². The Kier molecular flexibility index (Phi) is 2.49. The third-order valence-corrected chi connectivity index (χ3v) is 3.98. The lowest BCUT2D eigenvalue weighted by Gasteiger charge is -2.36. The highest BCUT2D eigenvalue weighted by molar-refractivity contribution is 5.41. The zero-order valence-corrected chi connectivity index (χ0v) is 9.21. The van der Waals surface area contributed by atoms with E-state index in [0.717, 1.165) is 12.0 Å². The Morgan fingerprint density at radius 2 is 2.00 bits per heavy atom. The van der Waals surface area contributed by atoms with E-state index in [0.29, 0.717) is 0 Å². The van der Waals surface area contributed by atoms with E-state index in [1.807, 2.05) is 0 Å². The number of benzene rings is 1. The van der Waals surface area contributed by atoms with Gasteiger partial charge in [-0.3, -0.25) is 0 Å². The average molecular weight is 201 g/mol. The normalized spacial score (nSPS) is 30.1. The Morgan fingerprint density at radius 3 is 2.93 bits per heavy atom. The summed E-state index contributed by atoms with van der Waals surface area (Å²) in [7, 11) is 0. The van der Waals surface area contributed by atoms with E-state index in [9.17, 15) is 0 Å². The molecule has 0 bridgehead atoms. The van der Waals surface area contributed by atoms with Gasteiger partial charge in [-0.2, -0.15) is 0 Å². The molecule has 1 fully saturated rings. The summed E-state index contributed by atoms with van der Waals surface area (Å²) in [5, 5.41) is 3.72. The summed E-state index contributed by atoms with van der Waals surface area (Å²) in [6, 6.07) is 9.69. The lowest BCUT2D eigenvalue weighted by atomic mass is 9.72. The first-order valence-electron chi connectivity index (χ1n) is 6.26. The monoisotopic (exact) mass is 201 g/mol. The van der Waals surface area contributed by atoms with Crippen LogP contribution in [0.5, 0.6) is 0 Å². The molecule has 1 nitrogen and oxygen atoms in total. The topological polar surface area (TPSA) is 12.0 Å². The zero-order valence-electron chi connectivity index (χ0n) is 9.21. The summed E-state index contributed by atoms with van der Waals surface area (Å²) in [5.74, 6) is 0.805. The quantitative estimate of drug-likeness (QED) is 0.736. The maximum Gasteiger partial charge on any atom is 0.0139 e. The van der Waals surface area contributed by atoms with E-state index < -0.39 is 0 Å². The number of rotatable bonds is 1. The summed E-state index contributed by atoms with van der Waals surface area (Å²) in [4.78, 5) is 0. The minimum atomic E-state index is 0.752. The molecule has 1 aromatic rings. The minimum absolute atomic E-state index is 0.752. The molecular formula is C14H19N. The molecular weight excluding hydrogens is 182 g/mol. The van der Waals surface area contributed by atoms with Crippen molar-refractivity contribution in [2.75, 3.05) is 6.54 Å². The highest BCUT2D eigenvalue weighted by Gasteiger charge is 2.32. The van der Waals surface area contributed by atoms with Crippen LogP contribution in [0.1, 0.15) is 42.7 Å². The van der Waals surface area contributed by atoms with Crippen molar-refractivity contribution >= 4 is 0 Å². The fourth-order valence-electron chi connectivity index (χ4n) is 3.06. The van der Waals surface area contributed by atoms with E-state index in [1.54, 1.807) is 11.1 Å². The maximum absolute atomic E-state index is 3.72. The number of nitrogens with one attached hydrogen (secondary N) is 1. The van der Waals surface area contributed by atoms with Crippen LogP contribution in [-0.2, 0) is 6.42 Å². The van der Waals surface area contributed by atoms with Crippen LogP contribution in [0, 0.1) is 0 Å². The zero-order chi connectivity index (χ0) is 10.1. The van der Waals surface area contributed by atoms with Gasteiger partial charge in [0, 0.05) is 12.0 Å². The summed E-state index contributed by atoms with van der Waals surface area (Å²) in [6.45, 7) is 1.23. The average Bonchev–Trinajstić information content (AvgIpc) is 2.49. The van der Waals surface area contributed by atoms with Crippen molar-refractivity contribution in [1.82, 2.24) is 5.32 Å². The van der Waals surface area contributed by atoms with Gasteiger partial charge in [0.1, 0.15) is 0 Å². The molecule has 1 saturated heterocycles. The van der Waals surface area contributed by atoms with Crippen LogP contribution in [0.25, 0.3) is 0 Å². The first-order chi connectivity index (χ1) is 7.45. The van der Waals surface area contributed by atoms with Crippen molar-refractivity contribution in [3.63, 3.8) is 0 Å². The second-order valence-electron chi connectivity index (χ2n) is 4.92. The van der Waals surface area contributed by atoms with Crippen LogP contribution < -0.4 is 5.32 Å². The van der Waals surface area contributed by atoms with Gasteiger partial charge in [0.25, 0.3) is 0 Å². The molecule has 1 heteroatoms. The van der Waals surface area contributed by atoms with Crippen molar-refractivity contribution < 1.29 is 0 Å². The van der Waals surface area contributed by atoms with Crippen LogP contribution in [0.4, 0.5) is 0 Å². The van der Waals surface area contributed by atoms with Gasteiger partial charge >= 0.3 is 0 Å². The Hall–Kier alpha value is -0.820. The van der Waals surface area contributed by atoms with Gasteiger partial charge in [-0.05, 0) is 36.9 Å². The van der Waals surface area contributed by atoms with Crippen molar-refractivity contribution in [2.24, 2.45) is 0 Å². The molecule has 0 spiro atoms. The van der Waals surface area contributed by atoms with E-state index in [1.165, 1.54) is 38.6 Å². The van der Waals surface area contributed by atoms with Gasteiger partial charge in [-0.25, -0.2) is 0 Å². The van der Waals surface area contributed by atoms with E-state index in [2.05, 4.69) is 29.6 Å². The Balaban J connectivity index is 1.74. The van der Waals surface area contributed by atoms with Gasteiger partial charge in [-0.1, -0.05) is 37.1 Å². The number of hydrogen-bond acceptors (Lipinski definition) is 1. The largest absolute Gasteiger partial charge is 0.313 e. The van der Waals surface area contributed by atoms with Crippen LogP contribution in [0.15, 0.2) is 24.3 Å². The van der Waals surface area contributed by atoms with Gasteiger partial charge in [-0.15, -0.1) is 0 Å².